The van der Waals surface area contributed by atoms with Crippen molar-refractivity contribution in [3.63, 3.8) is 0 Å². The molecule has 148 valence electrons. The van der Waals surface area contributed by atoms with Gasteiger partial charge in [0, 0.05) is 22.2 Å². The molecule has 1 aliphatic rings. The average Bonchev–Trinajstić information content (AvgIpc) is 3.22. The first-order valence-corrected chi connectivity index (χ1v) is 10.5. The average molecular weight is 386 g/mol. The van der Waals surface area contributed by atoms with Crippen LogP contribution in [0, 0.1) is 12.8 Å². The van der Waals surface area contributed by atoms with Gasteiger partial charge in [0.2, 0.25) is 0 Å². The van der Waals surface area contributed by atoms with Gasteiger partial charge in [0.15, 0.2) is 0 Å². The van der Waals surface area contributed by atoms with Gasteiger partial charge in [-0.3, -0.25) is 10.1 Å². The lowest BCUT2D eigenvalue weighted by molar-refractivity contribution is 0.209. The van der Waals surface area contributed by atoms with Crippen molar-refractivity contribution in [3.05, 3.63) is 54.4 Å². The van der Waals surface area contributed by atoms with Crippen molar-refractivity contribution in [1.29, 1.82) is 0 Å². The minimum absolute atomic E-state index is 0.713. The maximum Gasteiger partial charge on any atom is 0.119 e. The molecule has 0 radical (unpaired) electrons. The standard InChI is InChI=1S/C24H26N4O/c1-16-13-22(23-21(26-16)12-7-18-14-25-28-24(18)23)27-19-8-10-20(11-9-19)29-15-17-5-3-2-4-6-17/h7-14,17H,2-6,15H2,1H3,(H,25,28)(H,26,27). The van der Waals surface area contributed by atoms with Crippen molar-refractivity contribution in [2.24, 2.45) is 5.92 Å². The summed E-state index contributed by atoms with van der Waals surface area (Å²) in [4.78, 5) is 4.68. The summed E-state index contributed by atoms with van der Waals surface area (Å²) in [6.07, 6.45) is 8.52. The molecular formula is C24H26N4O. The van der Waals surface area contributed by atoms with Gasteiger partial charge >= 0.3 is 0 Å². The number of aryl methyl sites for hydroxylation is 1. The lowest BCUT2D eigenvalue weighted by Gasteiger charge is -2.21. The van der Waals surface area contributed by atoms with Crippen LogP contribution in [-0.4, -0.2) is 21.8 Å². The highest BCUT2D eigenvalue weighted by atomic mass is 16.5. The molecule has 5 nitrogen and oxygen atoms in total. The molecule has 29 heavy (non-hydrogen) atoms. The third kappa shape index (κ3) is 3.77. The van der Waals surface area contributed by atoms with Gasteiger partial charge in [0.05, 0.1) is 29.5 Å². The molecule has 1 fully saturated rings. The lowest BCUT2D eigenvalue weighted by atomic mass is 9.90. The monoisotopic (exact) mass is 386 g/mol. The van der Waals surface area contributed by atoms with Gasteiger partial charge in [-0.05, 0) is 68.1 Å². The number of benzene rings is 2. The van der Waals surface area contributed by atoms with E-state index in [4.69, 9.17) is 4.74 Å². The van der Waals surface area contributed by atoms with E-state index >= 15 is 0 Å². The fourth-order valence-electron chi connectivity index (χ4n) is 4.33. The normalized spacial score (nSPS) is 15.1. The molecule has 0 amide bonds. The predicted octanol–water partition coefficient (Wildman–Crippen LogP) is 6.12. The van der Waals surface area contributed by atoms with Crippen LogP contribution < -0.4 is 10.1 Å². The van der Waals surface area contributed by atoms with Crippen LogP contribution in [0.5, 0.6) is 5.75 Å². The van der Waals surface area contributed by atoms with Crippen LogP contribution in [0.15, 0.2) is 48.7 Å². The summed E-state index contributed by atoms with van der Waals surface area (Å²) >= 11 is 0. The van der Waals surface area contributed by atoms with Crippen molar-refractivity contribution in [2.75, 3.05) is 11.9 Å². The van der Waals surface area contributed by atoms with E-state index in [0.717, 1.165) is 51.2 Å². The third-order valence-electron chi connectivity index (χ3n) is 5.86. The van der Waals surface area contributed by atoms with Crippen molar-refractivity contribution in [1.82, 2.24) is 15.2 Å². The number of hydrogen-bond acceptors (Lipinski definition) is 4. The van der Waals surface area contributed by atoms with Gasteiger partial charge in [-0.2, -0.15) is 5.10 Å². The Kier molecular flexibility index (Phi) is 4.80. The molecule has 0 unspecified atom stereocenters. The molecule has 2 heterocycles. The first kappa shape index (κ1) is 18.0. The van der Waals surface area contributed by atoms with E-state index in [1.54, 1.807) is 0 Å². The summed E-state index contributed by atoms with van der Waals surface area (Å²) in [6.45, 7) is 2.85. The van der Waals surface area contributed by atoms with Crippen LogP contribution in [0.25, 0.3) is 21.8 Å². The quantitative estimate of drug-likeness (QED) is 0.433. The zero-order valence-corrected chi connectivity index (χ0v) is 16.7. The number of nitrogens with zero attached hydrogens (tertiary/aromatic N) is 2. The van der Waals surface area contributed by atoms with E-state index in [0.29, 0.717) is 5.92 Å². The Bertz CT molecular complexity index is 1130. The first-order valence-electron chi connectivity index (χ1n) is 10.5. The van der Waals surface area contributed by atoms with Gasteiger partial charge < -0.3 is 10.1 Å². The molecule has 0 atom stereocenters. The number of fused-ring (bicyclic) bond motifs is 3. The Morgan fingerprint density at radius 1 is 1.07 bits per heavy atom. The second kappa shape index (κ2) is 7.74. The molecule has 5 heteroatoms. The highest BCUT2D eigenvalue weighted by Crippen LogP contribution is 2.32. The Labute approximate surface area is 170 Å². The highest BCUT2D eigenvalue weighted by molar-refractivity contribution is 6.10. The first-order chi connectivity index (χ1) is 14.3. The summed E-state index contributed by atoms with van der Waals surface area (Å²) in [5.74, 6) is 1.65. The number of anilines is 2. The van der Waals surface area contributed by atoms with Crippen LogP contribution in [-0.2, 0) is 0 Å². The molecule has 2 N–H and O–H groups in total. The molecule has 4 aromatic rings. The van der Waals surface area contributed by atoms with Crippen LogP contribution >= 0.6 is 0 Å². The maximum atomic E-state index is 6.04. The number of ether oxygens (including phenoxy) is 1. The summed E-state index contributed by atoms with van der Waals surface area (Å²) in [7, 11) is 0. The van der Waals surface area contributed by atoms with E-state index in [9.17, 15) is 0 Å². The summed E-state index contributed by atoms with van der Waals surface area (Å²) in [6, 6.07) is 14.4. The SMILES string of the molecule is Cc1cc(Nc2ccc(OCC3CCCCC3)cc2)c2c(ccc3cn[nH]c32)n1. The van der Waals surface area contributed by atoms with Crippen molar-refractivity contribution in [3.8, 4) is 5.75 Å². The number of H-pyrrole nitrogens is 1. The molecule has 2 aromatic heterocycles. The molecule has 0 aliphatic heterocycles. The van der Waals surface area contributed by atoms with Crippen LogP contribution in [0.4, 0.5) is 11.4 Å². The molecule has 2 aromatic carbocycles. The fourth-order valence-corrected chi connectivity index (χ4v) is 4.33. The molecule has 1 aliphatic carbocycles. The Balaban J connectivity index is 1.37. The molecule has 0 spiro atoms. The fraction of sp³-hybridized carbons (Fsp3) is 0.333. The molecule has 1 saturated carbocycles. The van der Waals surface area contributed by atoms with Crippen molar-refractivity contribution >= 4 is 33.2 Å². The largest absolute Gasteiger partial charge is 0.493 e. The summed E-state index contributed by atoms with van der Waals surface area (Å²) in [5.41, 5.74) is 4.99. The van der Waals surface area contributed by atoms with Gasteiger partial charge in [0.25, 0.3) is 0 Å². The maximum absolute atomic E-state index is 6.04. The van der Waals surface area contributed by atoms with Crippen LogP contribution in [0.3, 0.4) is 0 Å². The smallest absolute Gasteiger partial charge is 0.119 e. The Morgan fingerprint density at radius 3 is 2.72 bits per heavy atom. The molecular weight excluding hydrogens is 360 g/mol. The lowest BCUT2D eigenvalue weighted by Crippen LogP contribution is -2.15. The van der Waals surface area contributed by atoms with E-state index in [-0.39, 0.29) is 0 Å². The Morgan fingerprint density at radius 2 is 1.90 bits per heavy atom. The van der Waals surface area contributed by atoms with Crippen molar-refractivity contribution in [2.45, 2.75) is 39.0 Å². The van der Waals surface area contributed by atoms with Gasteiger partial charge in [-0.1, -0.05) is 19.3 Å². The van der Waals surface area contributed by atoms with E-state index in [1.807, 2.05) is 31.3 Å². The zero-order valence-electron chi connectivity index (χ0n) is 16.7. The van der Waals surface area contributed by atoms with Crippen LogP contribution in [0.2, 0.25) is 0 Å². The third-order valence-corrected chi connectivity index (χ3v) is 5.86. The van der Waals surface area contributed by atoms with E-state index < -0.39 is 0 Å². The number of nitrogens with one attached hydrogen (secondary N) is 2. The second-order valence-electron chi connectivity index (χ2n) is 8.07. The van der Waals surface area contributed by atoms with Crippen molar-refractivity contribution < 1.29 is 4.74 Å². The minimum atomic E-state index is 0.713. The molecule has 0 saturated heterocycles. The number of hydrogen-bond donors (Lipinski definition) is 2. The summed E-state index contributed by atoms with van der Waals surface area (Å²) < 4.78 is 6.04. The minimum Gasteiger partial charge on any atom is -0.493 e. The van der Waals surface area contributed by atoms with Gasteiger partial charge in [-0.15, -0.1) is 0 Å². The number of rotatable bonds is 5. The van der Waals surface area contributed by atoms with E-state index in [2.05, 4.69) is 44.8 Å². The van der Waals surface area contributed by atoms with Crippen LogP contribution in [0.1, 0.15) is 37.8 Å². The predicted molar refractivity (Wildman–Crippen MR) is 118 cm³/mol. The van der Waals surface area contributed by atoms with Gasteiger partial charge in [-0.25, -0.2) is 0 Å². The van der Waals surface area contributed by atoms with Gasteiger partial charge in [0.1, 0.15) is 5.75 Å². The molecule has 0 bridgehead atoms. The summed E-state index contributed by atoms with van der Waals surface area (Å²) in [5, 5.41) is 13.0. The topological polar surface area (TPSA) is 62.8 Å². The number of aromatic amines is 1. The van der Waals surface area contributed by atoms with E-state index in [1.165, 1.54) is 32.1 Å². The number of aromatic nitrogens is 3. The zero-order chi connectivity index (χ0) is 19.6. The highest BCUT2D eigenvalue weighted by Gasteiger charge is 2.14. The second-order valence-corrected chi connectivity index (χ2v) is 8.07. The number of pyridine rings is 1. The Hall–Kier alpha value is -3.08. The molecule has 5 rings (SSSR count).